The second kappa shape index (κ2) is 10.1. The molecular weight excluding hydrogens is 506 g/mol. The summed E-state index contributed by atoms with van der Waals surface area (Å²) >= 11 is 0. The molecule has 0 unspecified atom stereocenters. The topological polar surface area (TPSA) is 186 Å². The molecule has 3 aliphatic rings. The number of ether oxygens (including phenoxy) is 6. The van der Waals surface area contributed by atoms with Crippen molar-refractivity contribution in [1.82, 2.24) is 5.32 Å². The van der Waals surface area contributed by atoms with Crippen LogP contribution in [-0.2, 0) is 16.1 Å². The third-order valence-electron chi connectivity index (χ3n) is 6.93. The Kier molecular flexibility index (Phi) is 6.98. The van der Waals surface area contributed by atoms with E-state index >= 15 is 0 Å². The Morgan fingerprint density at radius 3 is 2.45 bits per heavy atom. The molecule has 13 nitrogen and oxygen atoms in total. The van der Waals surface area contributed by atoms with Crippen LogP contribution in [0.5, 0.6) is 28.7 Å². The van der Waals surface area contributed by atoms with Crippen molar-refractivity contribution in [3.63, 3.8) is 0 Å². The van der Waals surface area contributed by atoms with Gasteiger partial charge in [-0.1, -0.05) is 0 Å². The van der Waals surface area contributed by atoms with Crippen LogP contribution in [0.15, 0.2) is 24.3 Å². The lowest BCUT2D eigenvalue weighted by atomic mass is 9.85. The maximum Gasteiger partial charge on any atom is 0.335 e. The van der Waals surface area contributed by atoms with Crippen LogP contribution in [0.3, 0.4) is 0 Å². The average molecular weight is 536 g/mol. The van der Waals surface area contributed by atoms with Gasteiger partial charge in [0.15, 0.2) is 17.6 Å². The molecular formula is C25H29NO12. The Morgan fingerprint density at radius 2 is 1.79 bits per heavy atom. The van der Waals surface area contributed by atoms with E-state index in [0.717, 1.165) is 11.1 Å². The molecule has 2 aromatic rings. The first-order chi connectivity index (χ1) is 18.2. The van der Waals surface area contributed by atoms with Gasteiger partial charge >= 0.3 is 5.97 Å². The maximum atomic E-state index is 11.4. The van der Waals surface area contributed by atoms with Crippen LogP contribution in [0.1, 0.15) is 28.7 Å². The van der Waals surface area contributed by atoms with Gasteiger partial charge in [-0.15, -0.1) is 0 Å². The number of methoxy groups -OCH3 is 2. The van der Waals surface area contributed by atoms with Crippen molar-refractivity contribution in [2.75, 3.05) is 21.3 Å². The van der Waals surface area contributed by atoms with Crippen molar-refractivity contribution in [2.45, 2.75) is 55.6 Å². The van der Waals surface area contributed by atoms with Crippen molar-refractivity contribution in [1.29, 1.82) is 0 Å². The lowest BCUT2D eigenvalue weighted by Gasteiger charge is -2.38. The molecule has 0 spiro atoms. The first-order valence-electron chi connectivity index (χ1n) is 11.9. The molecule has 0 bridgehead atoms. The summed E-state index contributed by atoms with van der Waals surface area (Å²) in [7, 11) is 4.82. The number of carboxylic acids is 1. The normalized spacial score (nSPS) is 31.2. The number of hydrogen-bond donors (Lipinski definition) is 6. The van der Waals surface area contributed by atoms with Gasteiger partial charge in [-0.3, -0.25) is 0 Å². The van der Waals surface area contributed by atoms with Gasteiger partial charge in [0, 0.05) is 23.7 Å². The lowest BCUT2D eigenvalue weighted by Crippen LogP contribution is -2.61. The molecule has 1 fully saturated rings. The number of carbonyl (C=O) groups is 1. The number of carboxylic acid groups (broad SMARTS) is 1. The summed E-state index contributed by atoms with van der Waals surface area (Å²) in [5.41, 5.74) is 2.17. The van der Waals surface area contributed by atoms with Crippen LogP contribution in [0, 0.1) is 0 Å². The number of aliphatic hydroxyl groups excluding tert-OH is 4. The fourth-order valence-corrected chi connectivity index (χ4v) is 5.16. The van der Waals surface area contributed by atoms with E-state index in [9.17, 15) is 30.3 Å². The fourth-order valence-electron chi connectivity index (χ4n) is 5.16. The second-order valence-electron chi connectivity index (χ2n) is 9.17. The summed E-state index contributed by atoms with van der Waals surface area (Å²) in [6.45, 7) is 0.475. The van der Waals surface area contributed by atoms with E-state index in [1.54, 1.807) is 13.1 Å². The van der Waals surface area contributed by atoms with Crippen LogP contribution < -0.4 is 29.0 Å². The van der Waals surface area contributed by atoms with Crippen molar-refractivity contribution >= 4 is 5.97 Å². The molecule has 0 amide bonds. The van der Waals surface area contributed by atoms with Gasteiger partial charge in [0.2, 0.25) is 18.3 Å². The van der Waals surface area contributed by atoms with Crippen LogP contribution >= 0.6 is 0 Å². The molecule has 0 radical (unpaired) electrons. The molecule has 0 aliphatic carbocycles. The van der Waals surface area contributed by atoms with E-state index < -0.39 is 55.0 Å². The number of aliphatic hydroxyl groups is 4. The van der Waals surface area contributed by atoms with Gasteiger partial charge in [-0.05, 0) is 30.8 Å². The van der Waals surface area contributed by atoms with Gasteiger partial charge < -0.3 is 59.3 Å². The minimum absolute atomic E-state index is 0.0943. The van der Waals surface area contributed by atoms with E-state index in [-0.39, 0.29) is 11.5 Å². The molecule has 6 N–H and O–H groups in total. The predicted molar refractivity (Wildman–Crippen MR) is 126 cm³/mol. The third kappa shape index (κ3) is 4.17. The molecule has 0 aromatic heterocycles. The Morgan fingerprint density at radius 1 is 1.03 bits per heavy atom. The monoisotopic (exact) mass is 535 g/mol. The summed E-state index contributed by atoms with van der Waals surface area (Å²) in [6, 6.07) is 6.43. The molecule has 2 aromatic carbocycles. The second-order valence-corrected chi connectivity index (χ2v) is 9.17. The number of rotatable bonds is 7. The molecule has 3 heterocycles. The van der Waals surface area contributed by atoms with E-state index in [1.165, 1.54) is 26.4 Å². The zero-order valence-corrected chi connectivity index (χ0v) is 20.7. The fraction of sp³-hybridized carbons (Fsp3) is 0.480. The van der Waals surface area contributed by atoms with E-state index in [1.807, 2.05) is 6.07 Å². The van der Waals surface area contributed by atoms with Crippen LogP contribution in [0.25, 0.3) is 0 Å². The highest BCUT2D eigenvalue weighted by Gasteiger charge is 2.50. The summed E-state index contributed by atoms with van der Waals surface area (Å²) in [6.07, 6.45) is -10.7. The molecule has 0 saturated carbocycles. The SMILES string of the molecule is CNCc1cc(OC)c(OC)c2c1[C@@H]1[C@@H](O)Oc3cc(O[C@@H]4O[C@H](C(=O)O)[C@@H](O)[C@H](O)[C@H]4O)ccc3[C@@H]1O2. The van der Waals surface area contributed by atoms with Gasteiger partial charge in [0.1, 0.15) is 35.9 Å². The summed E-state index contributed by atoms with van der Waals surface area (Å²) in [5.74, 6) is -0.474. The van der Waals surface area contributed by atoms with E-state index in [2.05, 4.69) is 5.32 Å². The van der Waals surface area contributed by atoms with Crippen molar-refractivity contribution in [2.24, 2.45) is 0 Å². The Bertz CT molecular complexity index is 1220. The van der Waals surface area contributed by atoms with E-state index in [0.29, 0.717) is 29.4 Å². The highest BCUT2D eigenvalue weighted by atomic mass is 16.7. The predicted octanol–water partition coefficient (Wildman–Crippen LogP) is -0.378. The number of aliphatic carboxylic acids is 1. The molecule has 206 valence electrons. The molecule has 1 saturated heterocycles. The molecule has 8 atom stereocenters. The molecule has 13 heteroatoms. The molecule has 38 heavy (non-hydrogen) atoms. The average Bonchev–Trinajstić information content (AvgIpc) is 3.30. The van der Waals surface area contributed by atoms with Crippen LogP contribution in [-0.4, -0.2) is 89.8 Å². The maximum absolute atomic E-state index is 11.4. The largest absolute Gasteiger partial charge is 0.493 e. The van der Waals surface area contributed by atoms with Crippen molar-refractivity contribution in [3.05, 3.63) is 41.0 Å². The van der Waals surface area contributed by atoms with Gasteiger partial charge in [0.25, 0.3) is 0 Å². The minimum Gasteiger partial charge on any atom is -0.493 e. The smallest absolute Gasteiger partial charge is 0.335 e. The summed E-state index contributed by atoms with van der Waals surface area (Å²) in [4.78, 5) is 11.4. The third-order valence-corrected chi connectivity index (χ3v) is 6.93. The number of fused-ring (bicyclic) bond motifs is 5. The number of benzene rings is 2. The summed E-state index contributed by atoms with van der Waals surface area (Å²) in [5, 5.41) is 53.6. The quantitative estimate of drug-likeness (QED) is 0.270. The van der Waals surface area contributed by atoms with Crippen LogP contribution in [0.2, 0.25) is 0 Å². The van der Waals surface area contributed by atoms with Crippen LogP contribution in [0.4, 0.5) is 0 Å². The molecule has 5 rings (SSSR count). The van der Waals surface area contributed by atoms with Gasteiger partial charge in [-0.2, -0.15) is 0 Å². The van der Waals surface area contributed by atoms with Gasteiger partial charge in [-0.25, -0.2) is 4.79 Å². The van der Waals surface area contributed by atoms with Crippen molar-refractivity contribution < 1.29 is 58.7 Å². The highest BCUT2D eigenvalue weighted by Crippen LogP contribution is 2.59. The molecule has 3 aliphatic heterocycles. The highest BCUT2D eigenvalue weighted by molar-refractivity contribution is 5.73. The number of nitrogens with one attached hydrogen (secondary N) is 1. The van der Waals surface area contributed by atoms with E-state index in [4.69, 9.17) is 28.4 Å². The Labute approximate surface area is 217 Å². The first-order valence-corrected chi connectivity index (χ1v) is 11.9. The van der Waals surface area contributed by atoms with Crippen molar-refractivity contribution in [3.8, 4) is 28.7 Å². The number of hydrogen-bond acceptors (Lipinski definition) is 12. The Balaban J connectivity index is 1.46. The zero-order chi connectivity index (χ0) is 27.3. The standard InChI is InChI=1S/C25H29NO12/c1-26-8-9-6-13(33-2)20(34-3)21-14(9)15-19(37-21)11-5-4-10(7-12(11)36-24(15)32)35-25-18(29)16(27)17(28)22(38-25)23(30)31/h4-7,15-19,22,24-29,32H,8H2,1-3H3,(H,30,31)/t15-,16-,17-,18+,19-,22-,24-,25+/m0/s1. The summed E-state index contributed by atoms with van der Waals surface area (Å²) < 4.78 is 34.0. The zero-order valence-electron chi connectivity index (χ0n) is 20.7. The Hall–Kier alpha value is -3.33. The van der Waals surface area contributed by atoms with Gasteiger partial charge in [0.05, 0.1) is 20.1 Å². The minimum atomic E-state index is -1.84. The lowest BCUT2D eigenvalue weighted by molar-refractivity contribution is -0.271. The first kappa shape index (κ1) is 26.3.